The van der Waals surface area contributed by atoms with Crippen LogP contribution in [-0.4, -0.2) is 84.6 Å². The number of benzene rings is 1. The summed E-state index contributed by atoms with van der Waals surface area (Å²) in [6.07, 6.45) is 25.5. The third-order valence-electron chi connectivity index (χ3n) is 9.69. The molecule has 0 radical (unpaired) electrons. The molecule has 0 spiro atoms. The van der Waals surface area contributed by atoms with E-state index in [4.69, 9.17) is 14.2 Å². The molecule has 10 heteroatoms. The number of amides is 1. The smallest absolute Gasteiger partial charge is 0.344 e. The van der Waals surface area contributed by atoms with Gasteiger partial charge >= 0.3 is 5.97 Å². The minimum absolute atomic E-state index is 0.0801. The highest BCUT2D eigenvalue weighted by molar-refractivity contribution is 6.16. The highest BCUT2D eigenvalue weighted by Crippen LogP contribution is 2.27. The number of methoxy groups -OCH3 is 2. The van der Waals surface area contributed by atoms with E-state index in [9.17, 15) is 9.59 Å². The van der Waals surface area contributed by atoms with E-state index in [1.807, 2.05) is 24.3 Å². The lowest BCUT2D eigenvalue weighted by atomic mass is 9.92. The molecule has 1 aromatic carbocycles. The number of unbranched alkanes of at least 4 members (excludes halogenated alkanes) is 11. The molecule has 1 aromatic rings. The van der Waals surface area contributed by atoms with Crippen molar-refractivity contribution in [2.45, 2.75) is 109 Å². The number of para-hydroxylation sites is 1. The largest absolute Gasteiger partial charge is 0.497 e. The van der Waals surface area contributed by atoms with Crippen molar-refractivity contribution in [1.29, 1.82) is 0 Å². The minimum atomic E-state index is -0.585. The Hall–Kier alpha value is -3.18. The Morgan fingerprint density at radius 1 is 0.635 bits per heavy atom. The first-order chi connectivity index (χ1) is 25.6. The number of fused-ring (bicyclic) bond motifs is 1. The quantitative estimate of drug-likeness (QED) is 0.0342. The second-order valence-electron chi connectivity index (χ2n) is 14.0. The van der Waals surface area contributed by atoms with E-state index in [-0.39, 0.29) is 17.4 Å². The first-order valence-corrected chi connectivity index (χ1v) is 20.2. The number of rotatable bonds is 32. The second kappa shape index (κ2) is 28.3. The summed E-state index contributed by atoms with van der Waals surface area (Å²) in [5.41, 5.74) is 1.31. The number of hydrogen-bond acceptors (Lipinski definition) is 9. The van der Waals surface area contributed by atoms with Gasteiger partial charge in [0.25, 0.3) is 5.91 Å². The van der Waals surface area contributed by atoms with Crippen LogP contribution in [0, 0.1) is 5.92 Å². The lowest BCUT2D eigenvalue weighted by Crippen LogP contribution is -2.38. The maximum atomic E-state index is 12.5. The number of hydrogen-bond donors (Lipinski definition) is 5. The molecular weight excluding hydrogens is 654 g/mol. The molecule has 2 unspecified atom stereocenters. The monoisotopic (exact) mass is 724 g/mol. The fraction of sp³-hybridized carbons (Fsp3) is 0.667. The molecule has 52 heavy (non-hydrogen) atoms. The Kier molecular flexibility index (Phi) is 23.6. The van der Waals surface area contributed by atoms with Crippen molar-refractivity contribution >= 4 is 11.9 Å². The molecular formula is C42H69N5O5. The summed E-state index contributed by atoms with van der Waals surface area (Å²) in [6.45, 7) is 8.85. The van der Waals surface area contributed by atoms with Crippen molar-refractivity contribution in [1.82, 2.24) is 26.6 Å². The molecule has 5 N–H and O–H groups in total. The first-order valence-electron chi connectivity index (χ1n) is 20.2. The molecule has 0 fully saturated rings. The highest BCUT2D eigenvalue weighted by atomic mass is 16.5. The number of ether oxygens (including phenoxy) is 3. The molecule has 1 aliphatic heterocycles. The molecule has 1 amide bonds. The van der Waals surface area contributed by atoms with E-state index in [1.165, 1.54) is 95.5 Å². The lowest BCUT2D eigenvalue weighted by Gasteiger charge is -2.28. The SMILES string of the molecule is COC1=CC2OC(=O)C(C(=O)NCCCNCCCCCCNCCCCCCCCNCCCCCCNCc3ccccc3OC)=CC2C=C1. The standard InChI is InChI=1S/C42H69N5O5/c1-50-37-23-22-35-32-38(42(49)52-40(35)33-37)41(48)47-31-19-30-45-28-17-8-7-15-26-43-24-13-5-3-4-6-14-25-44-27-16-9-10-18-29-46-34-36-20-11-12-21-39(36)51-2/h11-12,20-23,32-33,35,40,43-46H,3-10,13-19,24-31,34H2,1-2H3,(H,47,48). The summed E-state index contributed by atoms with van der Waals surface area (Å²) in [6, 6.07) is 8.22. The minimum Gasteiger partial charge on any atom is -0.497 e. The molecule has 1 heterocycles. The molecule has 0 bridgehead atoms. The average Bonchev–Trinajstić information content (AvgIpc) is 3.16. The molecule has 0 saturated carbocycles. The molecule has 0 saturated heterocycles. The van der Waals surface area contributed by atoms with Crippen LogP contribution in [-0.2, 0) is 25.6 Å². The Labute approximate surface area is 314 Å². The van der Waals surface area contributed by atoms with Crippen LogP contribution in [0.1, 0.15) is 102 Å². The van der Waals surface area contributed by atoms with Crippen molar-refractivity contribution in [3.05, 3.63) is 65.5 Å². The van der Waals surface area contributed by atoms with Crippen LogP contribution in [0.25, 0.3) is 0 Å². The van der Waals surface area contributed by atoms with E-state index < -0.39 is 12.1 Å². The Morgan fingerprint density at radius 3 is 1.71 bits per heavy atom. The second-order valence-corrected chi connectivity index (χ2v) is 14.0. The Bertz CT molecular complexity index is 1220. The van der Waals surface area contributed by atoms with Crippen LogP contribution in [0.2, 0.25) is 0 Å². The normalized spacial score (nSPS) is 16.5. The summed E-state index contributed by atoms with van der Waals surface area (Å²) < 4.78 is 16.0. The van der Waals surface area contributed by atoms with Crippen LogP contribution in [0.4, 0.5) is 0 Å². The van der Waals surface area contributed by atoms with Gasteiger partial charge in [-0.2, -0.15) is 0 Å². The number of carbonyl (C=O) groups excluding carboxylic acids is 2. The zero-order valence-electron chi connectivity index (χ0n) is 32.3. The zero-order valence-corrected chi connectivity index (χ0v) is 32.3. The number of nitrogens with one attached hydrogen (secondary N) is 5. The third-order valence-corrected chi connectivity index (χ3v) is 9.69. The highest BCUT2D eigenvalue weighted by Gasteiger charge is 2.33. The van der Waals surface area contributed by atoms with E-state index in [1.54, 1.807) is 26.4 Å². The van der Waals surface area contributed by atoms with Gasteiger partial charge in [0.05, 0.1) is 14.2 Å². The van der Waals surface area contributed by atoms with E-state index in [0.717, 1.165) is 64.5 Å². The lowest BCUT2D eigenvalue weighted by molar-refractivity contribution is -0.146. The average molecular weight is 724 g/mol. The molecule has 292 valence electrons. The Balaban J connectivity index is 0.967. The van der Waals surface area contributed by atoms with Gasteiger partial charge in [-0.25, -0.2) is 4.79 Å². The van der Waals surface area contributed by atoms with Gasteiger partial charge in [-0.05, 0) is 109 Å². The van der Waals surface area contributed by atoms with E-state index in [2.05, 4.69) is 38.7 Å². The summed E-state index contributed by atoms with van der Waals surface area (Å²) in [4.78, 5) is 24.8. The fourth-order valence-corrected chi connectivity index (χ4v) is 6.53. The van der Waals surface area contributed by atoms with Crippen LogP contribution >= 0.6 is 0 Å². The van der Waals surface area contributed by atoms with Gasteiger partial charge in [0.1, 0.15) is 23.2 Å². The number of esters is 1. The Morgan fingerprint density at radius 2 is 1.15 bits per heavy atom. The fourth-order valence-electron chi connectivity index (χ4n) is 6.53. The van der Waals surface area contributed by atoms with Gasteiger partial charge in [-0.15, -0.1) is 0 Å². The molecule has 1 aliphatic carbocycles. The maximum absolute atomic E-state index is 12.5. The van der Waals surface area contributed by atoms with Crippen molar-refractivity contribution in [2.75, 3.05) is 66.6 Å². The van der Waals surface area contributed by atoms with Crippen LogP contribution in [0.5, 0.6) is 5.75 Å². The van der Waals surface area contributed by atoms with Crippen LogP contribution in [0.3, 0.4) is 0 Å². The van der Waals surface area contributed by atoms with Crippen molar-refractivity contribution in [3.8, 4) is 5.75 Å². The van der Waals surface area contributed by atoms with Crippen molar-refractivity contribution < 1.29 is 23.8 Å². The molecule has 2 aliphatic rings. The van der Waals surface area contributed by atoms with Gasteiger partial charge in [-0.3, -0.25) is 4.79 Å². The van der Waals surface area contributed by atoms with E-state index >= 15 is 0 Å². The molecule has 3 rings (SSSR count). The molecule has 2 atom stereocenters. The predicted octanol–water partition coefficient (Wildman–Crippen LogP) is 6.09. The van der Waals surface area contributed by atoms with Gasteiger partial charge < -0.3 is 40.8 Å². The van der Waals surface area contributed by atoms with Crippen molar-refractivity contribution in [2.24, 2.45) is 5.92 Å². The van der Waals surface area contributed by atoms with Crippen molar-refractivity contribution in [3.63, 3.8) is 0 Å². The molecule has 10 nitrogen and oxygen atoms in total. The van der Waals surface area contributed by atoms with Gasteiger partial charge in [0, 0.05) is 24.6 Å². The van der Waals surface area contributed by atoms with Crippen LogP contribution < -0.4 is 31.3 Å². The van der Waals surface area contributed by atoms with E-state index in [0.29, 0.717) is 12.3 Å². The summed E-state index contributed by atoms with van der Waals surface area (Å²) in [7, 11) is 3.31. The van der Waals surface area contributed by atoms with Gasteiger partial charge in [0.15, 0.2) is 0 Å². The first kappa shape index (κ1) is 43.2. The summed E-state index contributed by atoms with van der Waals surface area (Å²) >= 11 is 0. The van der Waals surface area contributed by atoms with Gasteiger partial charge in [-0.1, -0.05) is 81.7 Å². The summed E-state index contributed by atoms with van der Waals surface area (Å²) in [5, 5.41) is 17.1. The zero-order chi connectivity index (χ0) is 36.9. The topological polar surface area (TPSA) is 122 Å². The number of allylic oxidation sites excluding steroid dienone is 1. The maximum Gasteiger partial charge on any atom is 0.344 e. The van der Waals surface area contributed by atoms with Gasteiger partial charge in [0.2, 0.25) is 0 Å². The molecule has 0 aromatic heterocycles. The number of carbonyl (C=O) groups is 2. The third kappa shape index (κ3) is 18.5. The summed E-state index contributed by atoms with van der Waals surface area (Å²) in [5.74, 6) is 0.522. The predicted molar refractivity (Wildman–Crippen MR) is 211 cm³/mol. The van der Waals surface area contributed by atoms with Crippen LogP contribution in [0.15, 0.2) is 59.9 Å².